The fourth-order valence-corrected chi connectivity index (χ4v) is 4.30. The molecule has 0 spiro atoms. The molecule has 0 aromatic carbocycles. The molecule has 2 aliphatic rings. The highest BCUT2D eigenvalue weighted by atomic mass is 32.2. The molecule has 1 saturated heterocycles. The van der Waals surface area contributed by atoms with Crippen LogP contribution in [0.1, 0.15) is 19.8 Å². The Kier molecular flexibility index (Phi) is 3.35. The number of carbonyl (C=O) groups excluding carboxylic acids is 1. The van der Waals surface area contributed by atoms with Crippen LogP contribution in [0.2, 0.25) is 0 Å². The van der Waals surface area contributed by atoms with Gasteiger partial charge in [-0.2, -0.15) is 0 Å². The largest absolute Gasteiger partial charge is 0.481 e. The third kappa shape index (κ3) is 2.50. The van der Waals surface area contributed by atoms with Crippen molar-refractivity contribution in [3.05, 3.63) is 0 Å². The molecule has 7 heteroatoms. The Hall–Kier alpha value is -1.11. The summed E-state index contributed by atoms with van der Waals surface area (Å²) in [7, 11) is -3.03. The van der Waals surface area contributed by atoms with Crippen LogP contribution >= 0.6 is 0 Å². The Bertz CT molecular complexity index is 472. The average molecular weight is 275 g/mol. The van der Waals surface area contributed by atoms with Crippen LogP contribution in [-0.4, -0.2) is 54.4 Å². The Morgan fingerprint density at radius 2 is 2.00 bits per heavy atom. The van der Waals surface area contributed by atoms with Gasteiger partial charge in [0.15, 0.2) is 9.84 Å². The first-order valence-electron chi connectivity index (χ1n) is 6.09. The van der Waals surface area contributed by atoms with Gasteiger partial charge in [-0.3, -0.25) is 9.59 Å². The lowest BCUT2D eigenvalue weighted by Crippen LogP contribution is -2.42. The Labute approximate surface area is 106 Å². The number of carboxylic acid groups (broad SMARTS) is 1. The highest BCUT2D eigenvalue weighted by molar-refractivity contribution is 7.91. The molecule has 18 heavy (non-hydrogen) atoms. The molecule has 0 unspecified atom stereocenters. The summed E-state index contributed by atoms with van der Waals surface area (Å²) in [6, 6.07) is -0.275. The number of carbonyl (C=O) groups is 2. The maximum atomic E-state index is 12.1. The molecule has 0 radical (unpaired) electrons. The van der Waals surface area contributed by atoms with Crippen molar-refractivity contribution in [3.8, 4) is 0 Å². The number of carboxylic acids is 1. The molecule has 0 aromatic heterocycles. The molecule has 2 rings (SSSR count). The smallest absolute Gasteiger partial charge is 0.307 e. The van der Waals surface area contributed by atoms with Crippen LogP contribution < -0.4 is 0 Å². The van der Waals surface area contributed by atoms with E-state index in [0.29, 0.717) is 19.4 Å². The first-order valence-corrected chi connectivity index (χ1v) is 7.91. The molecule has 1 amide bonds. The summed E-state index contributed by atoms with van der Waals surface area (Å²) in [5, 5.41) is 8.81. The quantitative estimate of drug-likeness (QED) is 0.763. The summed E-state index contributed by atoms with van der Waals surface area (Å²) in [6.07, 6.45) is 0.844. The van der Waals surface area contributed by atoms with Crippen LogP contribution in [0.5, 0.6) is 0 Å². The highest BCUT2D eigenvalue weighted by Gasteiger charge is 2.51. The molecule has 2 fully saturated rings. The molecule has 1 heterocycles. The minimum atomic E-state index is -3.03. The molecule has 1 N–H and O–H groups in total. The number of hydrogen-bond acceptors (Lipinski definition) is 4. The van der Waals surface area contributed by atoms with Gasteiger partial charge in [0.25, 0.3) is 0 Å². The predicted octanol–water partition coefficient (Wildman–Crippen LogP) is -0.257. The summed E-state index contributed by atoms with van der Waals surface area (Å²) in [6.45, 7) is 2.23. The van der Waals surface area contributed by atoms with Crippen molar-refractivity contribution in [2.75, 3.05) is 18.1 Å². The maximum Gasteiger partial charge on any atom is 0.307 e. The van der Waals surface area contributed by atoms with Crippen LogP contribution in [0, 0.1) is 11.8 Å². The Balaban J connectivity index is 2.02. The molecule has 1 aliphatic heterocycles. The van der Waals surface area contributed by atoms with Crippen molar-refractivity contribution in [2.24, 2.45) is 11.8 Å². The second kappa shape index (κ2) is 4.53. The first kappa shape index (κ1) is 13.3. The van der Waals surface area contributed by atoms with Crippen LogP contribution in [0.3, 0.4) is 0 Å². The van der Waals surface area contributed by atoms with Gasteiger partial charge in [-0.1, -0.05) is 0 Å². The summed E-state index contributed by atoms with van der Waals surface area (Å²) >= 11 is 0. The monoisotopic (exact) mass is 275 g/mol. The average Bonchev–Trinajstić information content (AvgIpc) is 3.00. The zero-order valence-electron chi connectivity index (χ0n) is 10.2. The number of nitrogens with zero attached hydrogens (tertiary/aromatic N) is 1. The van der Waals surface area contributed by atoms with Gasteiger partial charge in [-0.15, -0.1) is 0 Å². The van der Waals surface area contributed by atoms with Crippen molar-refractivity contribution >= 4 is 21.7 Å². The standard InChI is InChI=1S/C11H17NO5S/c1-2-12(7-3-4-18(16,17)6-7)10(13)8-5-9(8)11(14)15/h7-9H,2-6H2,1H3,(H,14,15)/t7-,8-,9+/m1/s1. The van der Waals surface area contributed by atoms with E-state index in [0.717, 1.165) is 0 Å². The van der Waals surface area contributed by atoms with Gasteiger partial charge in [0.05, 0.1) is 23.3 Å². The van der Waals surface area contributed by atoms with E-state index in [-0.39, 0.29) is 23.5 Å². The van der Waals surface area contributed by atoms with Gasteiger partial charge in [0, 0.05) is 12.6 Å². The molecule has 1 saturated carbocycles. The number of amides is 1. The minimum Gasteiger partial charge on any atom is -0.481 e. The van der Waals surface area contributed by atoms with E-state index in [9.17, 15) is 18.0 Å². The van der Waals surface area contributed by atoms with Crippen LogP contribution in [0.4, 0.5) is 0 Å². The van der Waals surface area contributed by atoms with Crippen molar-refractivity contribution < 1.29 is 23.1 Å². The number of hydrogen-bond donors (Lipinski definition) is 1. The topological polar surface area (TPSA) is 91.8 Å². The van der Waals surface area contributed by atoms with Crippen molar-refractivity contribution in [1.82, 2.24) is 4.90 Å². The molecule has 0 bridgehead atoms. The number of rotatable bonds is 4. The van der Waals surface area contributed by atoms with Crippen molar-refractivity contribution in [2.45, 2.75) is 25.8 Å². The predicted molar refractivity (Wildman–Crippen MR) is 63.7 cm³/mol. The zero-order valence-corrected chi connectivity index (χ0v) is 11.0. The summed E-state index contributed by atoms with van der Waals surface area (Å²) in [5.74, 6) is -2.04. The van der Waals surface area contributed by atoms with Gasteiger partial charge >= 0.3 is 5.97 Å². The van der Waals surface area contributed by atoms with E-state index in [1.54, 1.807) is 6.92 Å². The normalized spacial score (nSPS) is 33.1. The third-order valence-electron chi connectivity index (χ3n) is 3.70. The third-order valence-corrected chi connectivity index (χ3v) is 5.45. The van der Waals surface area contributed by atoms with Gasteiger partial charge in [0.2, 0.25) is 5.91 Å². The van der Waals surface area contributed by atoms with Gasteiger partial charge in [0.1, 0.15) is 0 Å². The molecule has 1 aliphatic carbocycles. The van der Waals surface area contributed by atoms with E-state index in [4.69, 9.17) is 5.11 Å². The summed E-state index contributed by atoms with van der Waals surface area (Å²) < 4.78 is 22.8. The maximum absolute atomic E-state index is 12.1. The van der Waals surface area contributed by atoms with Gasteiger partial charge in [-0.05, 0) is 19.8 Å². The lowest BCUT2D eigenvalue weighted by molar-refractivity contribution is -0.142. The molecule has 102 valence electrons. The lowest BCUT2D eigenvalue weighted by atomic mass is 10.2. The lowest BCUT2D eigenvalue weighted by Gasteiger charge is -2.27. The fourth-order valence-electron chi connectivity index (χ4n) is 2.57. The second-order valence-corrected chi connectivity index (χ2v) is 7.20. The van der Waals surface area contributed by atoms with E-state index in [2.05, 4.69) is 0 Å². The highest BCUT2D eigenvalue weighted by Crippen LogP contribution is 2.40. The minimum absolute atomic E-state index is 0.0110. The molecule has 3 atom stereocenters. The SMILES string of the molecule is CCN(C(=O)[C@@H]1C[C@@H]1C(=O)O)[C@@H]1CCS(=O)(=O)C1. The van der Waals surface area contributed by atoms with E-state index in [1.165, 1.54) is 4.90 Å². The van der Waals surface area contributed by atoms with Gasteiger partial charge in [-0.25, -0.2) is 8.42 Å². The van der Waals surface area contributed by atoms with E-state index < -0.39 is 27.6 Å². The summed E-state index contributed by atoms with van der Waals surface area (Å²) in [4.78, 5) is 24.4. The number of aliphatic carboxylic acids is 1. The molecular formula is C11H17NO5S. The first-order chi connectivity index (χ1) is 8.35. The zero-order chi connectivity index (χ0) is 13.5. The molecule has 6 nitrogen and oxygen atoms in total. The molecular weight excluding hydrogens is 258 g/mol. The van der Waals surface area contributed by atoms with Crippen molar-refractivity contribution in [1.29, 1.82) is 0 Å². The fraction of sp³-hybridized carbons (Fsp3) is 0.818. The second-order valence-electron chi connectivity index (χ2n) is 4.97. The van der Waals surface area contributed by atoms with Crippen LogP contribution in [-0.2, 0) is 19.4 Å². The van der Waals surface area contributed by atoms with Crippen LogP contribution in [0.25, 0.3) is 0 Å². The summed E-state index contributed by atoms with van der Waals surface area (Å²) in [5.41, 5.74) is 0. The Morgan fingerprint density at radius 1 is 1.33 bits per heavy atom. The van der Waals surface area contributed by atoms with Crippen molar-refractivity contribution in [3.63, 3.8) is 0 Å². The van der Waals surface area contributed by atoms with Crippen LogP contribution in [0.15, 0.2) is 0 Å². The Morgan fingerprint density at radius 3 is 2.39 bits per heavy atom. The van der Waals surface area contributed by atoms with Gasteiger partial charge < -0.3 is 10.0 Å². The molecule has 0 aromatic rings. The van der Waals surface area contributed by atoms with E-state index in [1.807, 2.05) is 0 Å². The van der Waals surface area contributed by atoms with E-state index >= 15 is 0 Å². The number of sulfone groups is 1.